The number of amides is 1. The maximum absolute atomic E-state index is 14.9. The van der Waals surface area contributed by atoms with Gasteiger partial charge in [-0.15, -0.1) is 0 Å². The van der Waals surface area contributed by atoms with Crippen molar-refractivity contribution in [2.75, 3.05) is 18.0 Å². The lowest BCUT2D eigenvalue weighted by atomic mass is 10.1. The van der Waals surface area contributed by atoms with Gasteiger partial charge in [0.2, 0.25) is 11.3 Å². The van der Waals surface area contributed by atoms with Gasteiger partial charge in [-0.05, 0) is 24.6 Å². The number of anilines is 1. The molecule has 0 aliphatic carbocycles. The molecule has 2 N–H and O–H groups in total. The molecule has 1 fully saturated rings. The molecule has 1 atom stereocenters. The number of hydrogen-bond acceptors (Lipinski definition) is 5. The fraction of sp³-hybridized carbons (Fsp3) is 0.238. The molecule has 1 saturated heterocycles. The van der Waals surface area contributed by atoms with Gasteiger partial charge < -0.3 is 19.9 Å². The second kappa shape index (κ2) is 7.58. The predicted molar refractivity (Wildman–Crippen MR) is 109 cm³/mol. The molecular formula is C21H19FN4O4. The van der Waals surface area contributed by atoms with Gasteiger partial charge in [-0.2, -0.15) is 0 Å². The van der Waals surface area contributed by atoms with Gasteiger partial charge in [0.15, 0.2) is 17.3 Å². The Morgan fingerprint density at radius 1 is 1.27 bits per heavy atom. The Hall–Kier alpha value is -3.75. The molecule has 2 aromatic heterocycles. The maximum atomic E-state index is 14.9. The second-order valence-electron chi connectivity index (χ2n) is 7.18. The van der Waals surface area contributed by atoms with Crippen molar-refractivity contribution in [3.8, 4) is 5.69 Å². The van der Waals surface area contributed by atoms with Gasteiger partial charge in [0.25, 0.3) is 0 Å². The number of aromatic nitrogens is 2. The van der Waals surface area contributed by atoms with E-state index in [0.29, 0.717) is 25.2 Å². The summed E-state index contributed by atoms with van der Waals surface area (Å²) in [5, 5.41) is 12.1. The Morgan fingerprint density at radius 2 is 2.00 bits per heavy atom. The lowest BCUT2D eigenvalue weighted by Gasteiger charge is -2.20. The maximum Gasteiger partial charge on any atom is 0.341 e. The van der Waals surface area contributed by atoms with Crippen molar-refractivity contribution in [2.24, 2.45) is 0 Å². The van der Waals surface area contributed by atoms with Crippen molar-refractivity contribution in [1.29, 1.82) is 0 Å². The molecule has 0 saturated carbocycles. The third kappa shape index (κ3) is 3.49. The van der Waals surface area contributed by atoms with Gasteiger partial charge in [0.1, 0.15) is 5.56 Å². The molecule has 4 rings (SSSR count). The highest BCUT2D eigenvalue weighted by atomic mass is 19.1. The van der Waals surface area contributed by atoms with Crippen LogP contribution in [-0.4, -0.2) is 45.7 Å². The Labute approximate surface area is 170 Å². The van der Waals surface area contributed by atoms with E-state index < -0.39 is 22.8 Å². The highest BCUT2D eigenvalue weighted by molar-refractivity contribution is 5.92. The van der Waals surface area contributed by atoms with E-state index in [4.69, 9.17) is 0 Å². The molecule has 1 aromatic carbocycles. The standard InChI is InChI=1S/C21H19FN4O4/c1-12(27)23-13-7-8-25(10-13)20-17(22)9-15-18(28)16(21(29)30)11-26(19(15)24-20)14-5-3-2-4-6-14/h2-6,9,11,13H,7-8,10H2,1H3,(H,23,27)(H,29,30). The first kappa shape index (κ1) is 19.6. The number of hydrogen-bond donors (Lipinski definition) is 2. The molecule has 8 nitrogen and oxygen atoms in total. The number of pyridine rings is 2. The topological polar surface area (TPSA) is 105 Å². The first-order valence-electron chi connectivity index (χ1n) is 9.42. The van der Waals surface area contributed by atoms with Gasteiger partial charge in [-0.1, -0.05) is 18.2 Å². The molecule has 154 valence electrons. The molecule has 1 amide bonds. The summed E-state index contributed by atoms with van der Waals surface area (Å²) in [7, 11) is 0. The van der Waals surface area contributed by atoms with Gasteiger partial charge in [-0.3, -0.25) is 9.59 Å². The molecule has 3 aromatic rings. The van der Waals surface area contributed by atoms with Gasteiger partial charge >= 0.3 is 5.97 Å². The molecule has 1 aliphatic rings. The summed E-state index contributed by atoms with van der Waals surface area (Å²) in [5.74, 6) is -2.21. The van der Waals surface area contributed by atoms with Crippen LogP contribution in [0.1, 0.15) is 23.7 Å². The number of carbonyl (C=O) groups is 2. The summed E-state index contributed by atoms with van der Waals surface area (Å²) in [6.07, 6.45) is 1.85. The number of benzene rings is 1. The largest absolute Gasteiger partial charge is 0.477 e. The lowest BCUT2D eigenvalue weighted by Crippen LogP contribution is -2.36. The van der Waals surface area contributed by atoms with E-state index in [0.717, 1.165) is 6.07 Å². The van der Waals surface area contributed by atoms with Crippen molar-refractivity contribution in [3.05, 3.63) is 64.2 Å². The minimum atomic E-state index is -1.39. The molecular weight excluding hydrogens is 391 g/mol. The third-order valence-corrected chi connectivity index (χ3v) is 5.07. The molecule has 1 aliphatic heterocycles. The predicted octanol–water partition coefficient (Wildman–Crippen LogP) is 1.94. The Bertz CT molecular complexity index is 1210. The number of carboxylic acids is 1. The summed E-state index contributed by atoms with van der Waals surface area (Å²) in [6, 6.07) is 9.73. The number of carbonyl (C=O) groups excluding carboxylic acids is 1. The van der Waals surface area contributed by atoms with E-state index in [1.807, 2.05) is 0 Å². The monoisotopic (exact) mass is 410 g/mol. The first-order chi connectivity index (χ1) is 14.3. The normalized spacial score (nSPS) is 16.1. The van der Waals surface area contributed by atoms with E-state index in [2.05, 4.69) is 10.3 Å². The number of nitrogens with zero attached hydrogens (tertiary/aromatic N) is 3. The quantitative estimate of drug-likeness (QED) is 0.681. The first-order valence-corrected chi connectivity index (χ1v) is 9.42. The molecule has 1 unspecified atom stereocenters. The van der Waals surface area contributed by atoms with Crippen LogP contribution in [0.4, 0.5) is 10.2 Å². The van der Waals surface area contributed by atoms with Crippen molar-refractivity contribution in [2.45, 2.75) is 19.4 Å². The fourth-order valence-electron chi connectivity index (χ4n) is 3.73. The number of aromatic carboxylic acids is 1. The molecule has 9 heteroatoms. The average molecular weight is 410 g/mol. The third-order valence-electron chi connectivity index (χ3n) is 5.07. The van der Waals surface area contributed by atoms with Gasteiger partial charge in [0, 0.05) is 37.9 Å². The minimum absolute atomic E-state index is 0.0579. The van der Waals surface area contributed by atoms with Crippen LogP contribution in [0.5, 0.6) is 0 Å². The molecule has 0 bridgehead atoms. The number of halogens is 1. The summed E-state index contributed by atoms with van der Waals surface area (Å²) in [5.41, 5.74) is -0.504. The van der Waals surface area contributed by atoms with Crippen molar-refractivity contribution >= 4 is 28.7 Å². The lowest BCUT2D eigenvalue weighted by molar-refractivity contribution is -0.119. The number of para-hydroxylation sites is 1. The number of fused-ring (bicyclic) bond motifs is 1. The van der Waals surface area contributed by atoms with Crippen LogP contribution in [0, 0.1) is 5.82 Å². The van der Waals surface area contributed by atoms with Crippen LogP contribution >= 0.6 is 0 Å². The minimum Gasteiger partial charge on any atom is -0.477 e. The SMILES string of the molecule is CC(=O)NC1CCN(c2nc3c(cc2F)c(=O)c(C(=O)O)cn3-c2ccccc2)C1. The Kier molecular flexibility index (Phi) is 4.94. The van der Waals surface area contributed by atoms with E-state index in [9.17, 15) is 23.9 Å². The summed E-state index contributed by atoms with van der Waals surface area (Å²) in [6.45, 7) is 2.30. The zero-order valence-electron chi connectivity index (χ0n) is 16.1. The van der Waals surface area contributed by atoms with Crippen molar-refractivity contribution in [1.82, 2.24) is 14.9 Å². The highest BCUT2D eigenvalue weighted by Gasteiger charge is 2.27. The van der Waals surface area contributed by atoms with Crippen LogP contribution in [0.3, 0.4) is 0 Å². The van der Waals surface area contributed by atoms with Gasteiger partial charge in [-0.25, -0.2) is 14.2 Å². The summed E-state index contributed by atoms with van der Waals surface area (Å²) >= 11 is 0. The van der Waals surface area contributed by atoms with E-state index in [1.165, 1.54) is 17.7 Å². The Balaban J connectivity index is 1.89. The van der Waals surface area contributed by atoms with Crippen LogP contribution in [-0.2, 0) is 4.79 Å². The van der Waals surface area contributed by atoms with Crippen molar-refractivity contribution < 1.29 is 19.1 Å². The number of carboxylic acid groups (broad SMARTS) is 1. The van der Waals surface area contributed by atoms with E-state index in [1.54, 1.807) is 35.2 Å². The van der Waals surface area contributed by atoms with Crippen LogP contribution in [0.2, 0.25) is 0 Å². The van der Waals surface area contributed by atoms with Crippen LogP contribution < -0.4 is 15.6 Å². The van der Waals surface area contributed by atoms with Gasteiger partial charge in [0.05, 0.1) is 5.39 Å². The molecule has 3 heterocycles. The summed E-state index contributed by atoms with van der Waals surface area (Å²) < 4.78 is 16.4. The van der Waals surface area contributed by atoms with E-state index >= 15 is 0 Å². The number of rotatable bonds is 4. The molecule has 0 spiro atoms. The fourth-order valence-corrected chi connectivity index (χ4v) is 3.73. The van der Waals surface area contributed by atoms with Crippen molar-refractivity contribution in [3.63, 3.8) is 0 Å². The molecule has 0 radical (unpaired) electrons. The van der Waals surface area contributed by atoms with E-state index in [-0.39, 0.29) is 28.8 Å². The smallest absolute Gasteiger partial charge is 0.341 e. The zero-order chi connectivity index (χ0) is 21.4. The second-order valence-corrected chi connectivity index (χ2v) is 7.18. The highest BCUT2D eigenvalue weighted by Crippen LogP contribution is 2.26. The zero-order valence-corrected chi connectivity index (χ0v) is 16.1. The average Bonchev–Trinajstić information content (AvgIpc) is 3.16. The van der Waals surface area contributed by atoms with Crippen LogP contribution in [0.25, 0.3) is 16.7 Å². The summed E-state index contributed by atoms with van der Waals surface area (Å²) in [4.78, 5) is 41.6. The molecule has 30 heavy (non-hydrogen) atoms. The van der Waals surface area contributed by atoms with Crippen LogP contribution in [0.15, 0.2) is 47.4 Å². The Morgan fingerprint density at radius 3 is 2.67 bits per heavy atom. The number of nitrogens with one attached hydrogen (secondary N) is 1.